The lowest BCUT2D eigenvalue weighted by molar-refractivity contribution is -0.121. The number of thiocarbonyl (C=S) groups is 1. The second kappa shape index (κ2) is 9.55. The quantitative estimate of drug-likeness (QED) is 0.493. The van der Waals surface area contributed by atoms with Crippen LogP contribution in [0.1, 0.15) is 50.8 Å². The van der Waals surface area contributed by atoms with Gasteiger partial charge in [-0.3, -0.25) is 19.1 Å². The maximum Gasteiger partial charge on any atom is 0.270 e. The van der Waals surface area contributed by atoms with Crippen LogP contribution < -0.4 is 10.5 Å². The molecular weight excluding hydrogens is 432 g/mol. The molecule has 166 valence electrons. The summed E-state index contributed by atoms with van der Waals surface area (Å²) in [5.41, 5.74) is 1.14. The molecule has 0 spiro atoms. The lowest BCUT2D eigenvalue weighted by atomic mass is 10.0. The van der Waals surface area contributed by atoms with Gasteiger partial charge in [0, 0.05) is 31.7 Å². The van der Waals surface area contributed by atoms with E-state index in [-0.39, 0.29) is 29.2 Å². The predicted molar refractivity (Wildman–Crippen MR) is 128 cm³/mol. The Morgan fingerprint density at radius 3 is 2.42 bits per heavy atom. The van der Waals surface area contributed by atoms with Crippen molar-refractivity contribution in [3.8, 4) is 6.07 Å². The molecule has 3 rings (SSSR count). The zero-order valence-electron chi connectivity index (χ0n) is 18.6. The third-order valence-electron chi connectivity index (χ3n) is 5.48. The second-order valence-electron chi connectivity index (χ2n) is 7.89. The van der Waals surface area contributed by atoms with Crippen LogP contribution in [-0.2, 0) is 16.1 Å². The molecule has 1 aromatic rings. The van der Waals surface area contributed by atoms with E-state index in [0.29, 0.717) is 41.0 Å². The van der Waals surface area contributed by atoms with Gasteiger partial charge in [0.1, 0.15) is 21.8 Å². The molecule has 7 nitrogen and oxygen atoms in total. The molecule has 31 heavy (non-hydrogen) atoms. The standard InChI is InChI=1S/C22H28N4O3S2/c1-6-8-26-19(24-11-13(3)29-14(4)12-24)16(15(5)17(10-23)20(26)27)9-18-21(28)25(7-2)22(30)31-18/h9,13-14H,6-8,11-12H2,1-5H3/b18-9-. The van der Waals surface area contributed by atoms with E-state index >= 15 is 0 Å². The van der Waals surface area contributed by atoms with Crippen molar-refractivity contribution in [3.05, 3.63) is 31.9 Å². The summed E-state index contributed by atoms with van der Waals surface area (Å²) >= 11 is 6.62. The van der Waals surface area contributed by atoms with Crippen molar-refractivity contribution in [1.82, 2.24) is 9.47 Å². The predicted octanol–water partition coefficient (Wildman–Crippen LogP) is 3.27. The van der Waals surface area contributed by atoms with Crippen LogP contribution in [0.3, 0.4) is 0 Å². The zero-order chi connectivity index (χ0) is 22.9. The molecule has 1 amide bonds. The number of ether oxygens (including phenoxy) is 1. The monoisotopic (exact) mass is 460 g/mol. The fourth-order valence-electron chi connectivity index (χ4n) is 4.17. The van der Waals surface area contributed by atoms with Crippen molar-refractivity contribution in [2.75, 3.05) is 24.5 Å². The molecule has 0 aromatic carbocycles. The fourth-order valence-corrected chi connectivity index (χ4v) is 5.54. The summed E-state index contributed by atoms with van der Waals surface area (Å²) in [6.07, 6.45) is 2.54. The normalized spacial score (nSPS) is 23.0. The number of nitriles is 1. The first-order valence-corrected chi connectivity index (χ1v) is 11.8. The number of likely N-dealkylation sites (N-methyl/N-ethyl adjacent to an activating group) is 1. The van der Waals surface area contributed by atoms with E-state index in [1.54, 1.807) is 22.5 Å². The van der Waals surface area contributed by atoms with Crippen LogP contribution in [0.5, 0.6) is 0 Å². The van der Waals surface area contributed by atoms with Crippen LogP contribution in [0, 0.1) is 18.3 Å². The van der Waals surface area contributed by atoms with Gasteiger partial charge in [-0.1, -0.05) is 30.9 Å². The van der Waals surface area contributed by atoms with Crippen molar-refractivity contribution in [2.45, 2.75) is 59.8 Å². The van der Waals surface area contributed by atoms with E-state index < -0.39 is 0 Å². The van der Waals surface area contributed by atoms with Gasteiger partial charge in [-0.2, -0.15) is 5.26 Å². The molecule has 2 aliphatic rings. The molecular formula is C22H28N4O3S2. The highest BCUT2D eigenvalue weighted by Crippen LogP contribution is 2.36. The summed E-state index contributed by atoms with van der Waals surface area (Å²) in [4.78, 5) is 30.3. The Bertz CT molecular complexity index is 1030. The van der Waals surface area contributed by atoms with Crippen LogP contribution in [0.4, 0.5) is 5.82 Å². The number of amides is 1. The smallest absolute Gasteiger partial charge is 0.270 e. The van der Waals surface area contributed by atoms with E-state index in [1.807, 2.05) is 27.7 Å². The molecule has 0 bridgehead atoms. The summed E-state index contributed by atoms with van der Waals surface area (Å²) in [5.74, 6) is 0.602. The summed E-state index contributed by atoms with van der Waals surface area (Å²) in [5, 5.41) is 9.72. The number of pyridine rings is 1. The van der Waals surface area contributed by atoms with E-state index in [2.05, 4.69) is 11.0 Å². The Hall–Kier alpha value is -2.15. The highest BCUT2D eigenvalue weighted by molar-refractivity contribution is 8.26. The first-order valence-electron chi connectivity index (χ1n) is 10.6. The van der Waals surface area contributed by atoms with Crippen molar-refractivity contribution in [2.24, 2.45) is 0 Å². The third-order valence-corrected chi connectivity index (χ3v) is 6.86. The maximum absolute atomic E-state index is 13.2. The van der Waals surface area contributed by atoms with E-state index in [4.69, 9.17) is 17.0 Å². The second-order valence-corrected chi connectivity index (χ2v) is 9.57. The zero-order valence-corrected chi connectivity index (χ0v) is 20.2. The number of hydrogen-bond acceptors (Lipinski definition) is 7. The number of thioether (sulfide) groups is 1. The van der Waals surface area contributed by atoms with Crippen LogP contribution in [0.2, 0.25) is 0 Å². The molecule has 9 heteroatoms. The SMILES string of the molecule is CCCn1c(N2CC(C)OC(C)C2)c(/C=C2\SC(=S)N(CC)C2=O)c(C)c(C#N)c1=O. The topological polar surface area (TPSA) is 78.6 Å². The summed E-state index contributed by atoms with van der Waals surface area (Å²) in [6, 6.07) is 2.08. The number of anilines is 1. The molecule has 0 N–H and O–H groups in total. The molecule has 1 aromatic heterocycles. The number of nitrogens with zero attached hydrogens (tertiary/aromatic N) is 4. The molecule has 2 aliphatic heterocycles. The van der Waals surface area contributed by atoms with Crippen molar-refractivity contribution < 1.29 is 9.53 Å². The minimum absolute atomic E-state index is 0.00368. The lowest BCUT2D eigenvalue weighted by Gasteiger charge is -2.39. The molecule has 2 unspecified atom stereocenters. The minimum atomic E-state index is -0.290. The van der Waals surface area contributed by atoms with Crippen molar-refractivity contribution in [1.29, 1.82) is 5.26 Å². The van der Waals surface area contributed by atoms with Gasteiger partial charge in [-0.15, -0.1) is 0 Å². The fraction of sp³-hybridized carbons (Fsp3) is 0.545. The third kappa shape index (κ3) is 4.43. The number of hydrogen-bond donors (Lipinski definition) is 0. The molecule has 3 heterocycles. The molecule has 2 saturated heterocycles. The maximum atomic E-state index is 13.2. The largest absolute Gasteiger partial charge is 0.372 e. The molecule has 0 aliphatic carbocycles. The first kappa shape index (κ1) is 23.5. The van der Waals surface area contributed by atoms with Crippen LogP contribution in [0.25, 0.3) is 6.08 Å². The Labute approximate surface area is 192 Å². The summed E-state index contributed by atoms with van der Waals surface area (Å²) < 4.78 is 8.10. The van der Waals surface area contributed by atoms with Crippen molar-refractivity contribution in [3.63, 3.8) is 0 Å². The van der Waals surface area contributed by atoms with E-state index in [9.17, 15) is 14.9 Å². The number of rotatable bonds is 5. The van der Waals surface area contributed by atoms with Crippen LogP contribution in [-0.4, -0.2) is 51.5 Å². The highest BCUT2D eigenvalue weighted by Gasteiger charge is 2.33. The van der Waals surface area contributed by atoms with Crippen LogP contribution >= 0.6 is 24.0 Å². The molecule has 0 saturated carbocycles. The van der Waals surface area contributed by atoms with Gasteiger partial charge in [-0.05, 0) is 45.8 Å². The van der Waals surface area contributed by atoms with Gasteiger partial charge < -0.3 is 9.64 Å². The van der Waals surface area contributed by atoms with Gasteiger partial charge >= 0.3 is 0 Å². The lowest BCUT2D eigenvalue weighted by Crippen LogP contribution is -2.48. The first-order chi connectivity index (χ1) is 14.7. The number of carbonyl (C=O) groups excluding carboxylic acids is 1. The number of morpholine rings is 1. The van der Waals surface area contributed by atoms with Crippen molar-refractivity contribution >= 4 is 46.1 Å². The van der Waals surface area contributed by atoms with E-state index in [1.165, 1.54) is 11.8 Å². The Morgan fingerprint density at radius 2 is 1.90 bits per heavy atom. The summed E-state index contributed by atoms with van der Waals surface area (Å²) in [6.45, 7) is 11.9. The van der Waals surface area contributed by atoms with Gasteiger partial charge in [0.2, 0.25) is 0 Å². The average molecular weight is 461 g/mol. The highest BCUT2D eigenvalue weighted by atomic mass is 32.2. The van der Waals surface area contributed by atoms with Gasteiger partial charge in [0.05, 0.1) is 17.1 Å². The Balaban J connectivity index is 2.28. The molecule has 0 radical (unpaired) electrons. The molecule has 2 atom stereocenters. The van der Waals surface area contributed by atoms with Gasteiger partial charge in [0.15, 0.2) is 0 Å². The Morgan fingerprint density at radius 1 is 1.26 bits per heavy atom. The van der Waals surface area contributed by atoms with E-state index in [0.717, 1.165) is 17.8 Å². The minimum Gasteiger partial charge on any atom is -0.372 e. The number of aromatic nitrogens is 1. The van der Waals surface area contributed by atoms with Gasteiger partial charge in [-0.25, -0.2) is 0 Å². The van der Waals surface area contributed by atoms with Gasteiger partial charge in [0.25, 0.3) is 11.5 Å². The summed E-state index contributed by atoms with van der Waals surface area (Å²) in [7, 11) is 0. The average Bonchev–Trinajstić information content (AvgIpc) is 2.97. The molecule has 2 fully saturated rings. The number of carbonyl (C=O) groups is 1. The van der Waals surface area contributed by atoms with Crippen LogP contribution in [0.15, 0.2) is 9.70 Å². The Kier molecular flexibility index (Phi) is 7.24.